The molecule has 0 aliphatic rings. The van der Waals surface area contributed by atoms with E-state index >= 15 is 0 Å². The zero-order valence-corrected chi connectivity index (χ0v) is 5.67. The summed E-state index contributed by atoms with van der Waals surface area (Å²) in [6.45, 7) is 0. The van der Waals surface area contributed by atoms with Crippen LogP contribution in [-0.2, 0) is 0 Å². The van der Waals surface area contributed by atoms with Crippen molar-refractivity contribution in [2.75, 3.05) is 0 Å². The summed E-state index contributed by atoms with van der Waals surface area (Å²) in [6.07, 6.45) is 1.09. The van der Waals surface area contributed by atoms with Crippen LogP contribution in [0.25, 0.3) is 0 Å². The number of nitrogens with one attached hydrogen (secondary N) is 1. The molecule has 0 atom stereocenters. The fourth-order valence-corrected chi connectivity index (χ4v) is 0.611. The first kappa shape index (κ1) is 7.51. The van der Waals surface area contributed by atoms with E-state index in [9.17, 15) is 4.39 Å². The lowest BCUT2D eigenvalue weighted by molar-refractivity contribution is 0.485. The highest BCUT2D eigenvalue weighted by Gasteiger charge is 1.90. The monoisotopic (exact) mass is 151 g/mol. The van der Waals surface area contributed by atoms with E-state index in [-0.39, 0.29) is 5.82 Å². The van der Waals surface area contributed by atoms with Gasteiger partial charge in [-0.25, -0.2) is 4.39 Å². The largest absolute Gasteiger partial charge is 0.455 e. The van der Waals surface area contributed by atoms with Crippen molar-refractivity contribution >= 4 is 5.87 Å². The molecule has 1 N–H and O–H groups in total. The topological polar surface area (TPSA) is 33.1 Å². The minimum absolute atomic E-state index is 0.309. The van der Waals surface area contributed by atoms with Crippen LogP contribution in [-0.4, -0.2) is 5.87 Å². The van der Waals surface area contributed by atoms with Gasteiger partial charge in [0.1, 0.15) is 11.6 Å². The van der Waals surface area contributed by atoms with Gasteiger partial charge in [0, 0.05) is 5.87 Å². The van der Waals surface area contributed by atoms with E-state index in [2.05, 4.69) is 0 Å². The molecule has 56 valence electrons. The Kier molecular flexibility index (Phi) is 2.42. The van der Waals surface area contributed by atoms with E-state index in [1.54, 1.807) is 0 Å². The van der Waals surface area contributed by atoms with Gasteiger partial charge in [0.25, 0.3) is 0 Å². The van der Waals surface area contributed by atoms with Crippen LogP contribution >= 0.6 is 0 Å². The van der Waals surface area contributed by atoms with Crippen LogP contribution in [0.1, 0.15) is 0 Å². The standard InChI is InChI=1S/C8H6FNO/c9-7-1-3-8(4-2-7)11-6-5-10/h1-4,6,10H. The van der Waals surface area contributed by atoms with Gasteiger partial charge in [0.05, 0.1) is 0 Å². The van der Waals surface area contributed by atoms with Crippen LogP contribution < -0.4 is 4.74 Å². The smallest absolute Gasteiger partial charge is 0.151 e. The van der Waals surface area contributed by atoms with Gasteiger partial charge in [-0.05, 0) is 24.3 Å². The minimum atomic E-state index is -0.309. The van der Waals surface area contributed by atoms with E-state index in [0.717, 1.165) is 6.26 Å². The molecule has 0 saturated carbocycles. The fourth-order valence-electron chi connectivity index (χ4n) is 0.611. The molecule has 0 bridgehead atoms. The summed E-state index contributed by atoms with van der Waals surface area (Å²) >= 11 is 0. The number of hydrogen-bond acceptors (Lipinski definition) is 2. The molecule has 0 amide bonds. The third-order valence-electron chi connectivity index (χ3n) is 1.07. The molecule has 0 saturated heterocycles. The van der Waals surface area contributed by atoms with Gasteiger partial charge in [-0.3, -0.25) is 5.41 Å². The highest BCUT2D eigenvalue weighted by Crippen LogP contribution is 2.10. The molecule has 0 aliphatic carbocycles. The Bertz CT molecular complexity index is 275. The van der Waals surface area contributed by atoms with Crippen molar-refractivity contribution < 1.29 is 9.13 Å². The molecule has 3 heteroatoms. The molecule has 0 radical (unpaired) electrons. The predicted molar refractivity (Wildman–Crippen MR) is 39.3 cm³/mol. The van der Waals surface area contributed by atoms with Gasteiger partial charge < -0.3 is 4.74 Å². The Labute approximate surface area is 63.4 Å². The summed E-state index contributed by atoms with van der Waals surface area (Å²) in [6, 6.07) is 5.52. The van der Waals surface area contributed by atoms with E-state index in [4.69, 9.17) is 10.1 Å². The van der Waals surface area contributed by atoms with Crippen molar-refractivity contribution in [3.63, 3.8) is 0 Å². The van der Waals surface area contributed by atoms with E-state index in [0.29, 0.717) is 5.75 Å². The molecule has 0 aliphatic heterocycles. The normalized spacial score (nSPS) is 8.45. The molecule has 11 heavy (non-hydrogen) atoms. The molecule has 2 nitrogen and oxygen atoms in total. The quantitative estimate of drug-likeness (QED) is 0.508. The average molecular weight is 151 g/mol. The maximum atomic E-state index is 12.3. The molecular weight excluding hydrogens is 145 g/mol. The molecule has 0 unspecified atom stereocenters. The SMILES string of the molecule is N=C=COc1ccc(F)cc1. The molecule has 0 fully saturated rings. The molecule has 1 rings (SSSR count). The van der Waals surface area contributed by atoms with Crippen LogP contribution in [0.4, 0.5) is 4.39 Å². The van der Waals surface area contributed by atoms with Crippen LogP contribution in [0.15, 0.2) is 30.5 Å². The average Bonchev–Trinajstić information content (AvgIpc) is 2.04. The van der Waals surface area contributed by atoms with Crippen LogP contribution in [0.3, 0.4) is 0 Å². The maximum Gasteiger partial charge on any atom is 0.151 e. The van der Waals surface area contributed by atoms with E-state index in [1.807, 2.05) is 5.87 Å². The first-order chi connectivity index (χ1) is 5.33. The lowest BCUT2D eigenvalue weighted by Gasteiger charge is -1.95. The van der Waals surface area contributed by atoms with Gasteiger partial charge in [0.2, 0.25) is 0 Å². The lowest BCUT2D eigenvalue weighted by atomic mass is 10.3. The van der Waals surface area contributed by atoms with Gasteiger partial charge in [-0.15, -0.1) is 0 Å². The summed E-state index contributed by atoms with van der Waals surface area (Å²) in [5.74, 6) is 2.12. The number of hydrogen-bond donors (Lipinski definition) is 1. The predicted octanol–water partition coefficient (Wildman–Crippen LogP) is 1.97. The molecule has 0 spiro atoms. The molecular formula is C8H6FNO. The molecule has 0 heterocycles. The van der Waals surface area contributed by atoms with Gasteiger partial charge in [0.15, 0.2) is 6.26 Å². The van der Waals surface area contributed by atoms with Gasteiger partial charge in [-0.2, -0.15) is 0 Å². The zero-order valence-electron chi connectivity index (χ0n) is 5.67. The van der Waals surface area contributed by atoms with E-state index < -0.39 is 0 Å². The summed E-state index contributed by atoms with van der Waals surface area (Å²) in [5, 5.41) is 6.49. The summed E-state index contributed by atoms with van der Waals surface area (Å²) < 4.78 is 17.1. The highest BCUT2D eigenvalue weighted by molar-refractivity contribution is 5.46. The number of halogens is 1. The molecule has 1 aromatic rings. The minimum Gasteiger partial charge on any atom is -0.455 e. The first-order valence-electron chi connectivity index (χ1n) is 2.99. The van der Waals surface area contributed by atoms with Crippen molar-refractivity contribution in [1.82, 2.24) is 0 Å². The Balaban J connectivity index is 2.73. The van der Waals surface area contributed by atoms with Crippen LogP contribution in [0.2, 0.25) is 0 Å². The maximum absolute atomic E-state index is 12.3. The Morgan fingerprint density at radius 2 is 2.00 bits per heavy atom. The zero-order chi connectivity index (χ0) is 8.10. The van der Waals surface area contributed by atoms with Crippen molar-refractivity contribution in [2.24, 2.45) is 0 Å². The Morgan fingerprint density at radius 1 is 1.36 bits per heavy atom. The van der Waals surface area contributed by atoms with Crippen LogP contribution in [0, 0.1) is 11.2 Å². The Morgan fingerprint density at radius 3 is 2.55 bits per heavy atom. The summed E-state index contributed by atoms with van der Waals surface area (Å²) in [4.78, 5) is 0. The van der Waals surface area contributed by atoms with E-state index in [1.165, 1.54) is 24.3 Å². The van der Waals surface area contributed by atoms with Crippen LogP contribution in [0.5, 0.6) is 5.75 Å². The second kappa shape index (κ2) is 3.54. The Hall–Kier alpha value is -1.60. The van der Waals surface area contributed by atoms with Crippen molar-refractivity contribution in [3.05, 3.63) is 36.3 Å². The lowest BCUT2D eigenvalue weighted by Crippen LogP contribution is -1.81. The van der Waals surface area contributed by atoms with Gasteiger partial charge >= 0.3 is 0 Å². The highest BCUT2D eigenvalue weighted by atomic mass is 19.1. The number of rotatable bonds is 2. The molecule has 1 aromatic carbocycles. The molecule has 0 aromatic heterocycles. The first-order valence-corrected chi connectivity index (χ1v) is 2.99. The number of ether oxygens (including phenoxy) is 1. The second-order valence-electron chi connectivity index (χ2n) is 1.83. The second-order valence-corrected chi connectivity index (χ2v) is 1.83. The van der Waals surface area contributed by atoms with Crippen molar-refractivity contribution in [3.8, 4) is 5.75 Å². The van der Waals surface area contributed by atoms with Gasteiger partial charge in [-0.1, -0.05) is 0 Å². The number of benzene rings is 1. The summed E-state index contributed by atoms with van der Waals surface area (Å²) in [7, 11) is 0. The third-order valence-corrected chi connectivity index (χ3v) is 1.07. The third kappa shape index (κ3) is 2.24. The van der Waals surface area contributed by atoms with Crippen molar-refractivity contribution in [1.29, 1.82) is 5.41 Å². The summed E-state index contributed by atoms with van der Waals surface area (Å²) in [5.41, 5.74) is 0. The van der Waals surface area contributed by atoms with Crippen molar-refractivity contribution in [2.45, 2.75) is 0 Å². The fraction of sp³-hybridized carbons (Fsp3) is 0.